The number of aromatic nitrogens is 2. The van der Waals surface area contributed by atoms with E-state index in [1.165, 1.54) is 0 Å². The Bertz CT molecular complexity index is 659. The fraction of sp³-hybridized carbons (Fsp3) is 0.333. The predicted molar refractivity (Wildman–Crippen MR) is 78.1 cm³/mol. The second-order valence-electron chi connectivity index (χ2n) is 4.70. The van der Waals surface area contributed by atoms with Crippen molar-refractivity contribution in [2.24, 2.45) is 0 Å². The van der Waals surface area contributed by atoms with Gasteiger partial charge >= 0.3 is 5.97 Å². The smallest absolute Gasteiger partial charge is 0.338 e. The molecule has 0 aliphatic heterocycles. The zero-order valence-corrected chi connectivity index (χ0v) is 12.2. The fourth-order valence-electron chi connectivity index (χ4n) is 2.02. The summed E-state index contributed by atoms with van der Waals surface area (Å²) in [6.07, 6.45) is 0. The Hall–Kier alpha value is -2.30. The molecule has 2 N–H and O–H groups in total. The van der Waals surface area contributed by atoms with Crippen molar-refractivity contribution in [3.8, 4) is 5.69 Å². The van der Waals surface area contributed by atoms with Crippen LogP contribution in [0.15, 0.2) is 18.2 Å². The molecule has 20 heavy (non-hydrogen) atoms. The average molecular weight is 273 g/mol. The Morgan fingerprint density at radius 1 is 1.35 bits per heavy atom. The van der Waals surface area contributed by atoms with Crippen molar-refractivity contribution in [2.75, 3.05) is 12.3 Å². The largest absolute Gasteiger partial charge is 0.462 e. The van der Waals surface area contributed by atoms with E-state index < -0.39 is 0 Å². The van der Waals surface area contributed by atoms with Gasteiger partial charge in [-0.2, -0.15) is 5.10 Å². The van der Waals surface area contributed by atoms with Crippen molar-refractivity contribution in [1.29, 1.82) is 0 Å². The molecule has 0 radical (unpaired) electrons. The number of carbonyl (C=O) groups excluding carboxylic acids is 1. The number of nitrogen functional groups attached to an aromatic ring is 1. The second kappa shape index (κ2) is 5.36. The molecule has 0 amide bonds. The number of anilines is 1. The number of carbonyl (C=O) groups is 1. The molecule has 0 spiro atoms. The molecular formula is C15H19N3O2. The Kier molecular flexibility index (Phi) is 3.79. The third kappa shape index (κ3) is 2.39. The first kappa shape index (κ1) is 14.1. The fourth-order valence-corrected chi connectivity index (χ4v) is 2.02. The third-order valence-corrected chi connectivity index (χ3v) is 3.42. The lowest BCUT2D eigenvalue weighted by molar-refractivity contribution is 0.0526. The van der Waals surface area contributed by atoms with Crippen LogP contribution in [0.1, 0.15) is 34.2 Å². The zero-order valence-electron chi connectivity index (χ0n) is 12.2. The predicted octanol–water partition coefficient (Wildman–Crippen LogP) is 2.56. The van der Waals surface area contributed by atoms with E-state index in [4.69, 9.17) is 10.5 Å². The highest BCUT2D eigenvalue weighted by Crippen LogP contribution is 2.23. The van der Waals surface area contributed by atoms with Crippen LogP contribution in [0.4, 0.5) is 5.69 Å². The van der Waals surface area contributed by atoms with Gasteiger partial charge in [0.25, 0.3) is 0 Å². The van der Waals surface area contributed by atoms with E-state index in [2.05, 4.69) is 5.10 Å². The minimum atomic E-state index is -0.355. The monoisotopic (exact) mass is 273 g/mol. The molecule has 0 unspecified atom stereocenters. The van der Waals surface area contributed by atoms with Gasteiger partial charge in [0.05, 0.1) is 29.2 Å². The second-order valence-corrected chi connectivity index (χ2v) is 4.70. The normalized spacial score (nSPS) is 10.6. The number of rotatable bonds is 3. The zero-order chi connectivity index (χ0) is 14.9. The molecule has 0 saturated carbocycles. The lowest BCUT2D eigenvalue weighted by atomic mass is 10.1. The van der Waals surface area contributed by atoms with Crippen LogP contribution < -0.4 is 5.73 Å². The quantitative estimate of drug-likeness (QED) is 0.689. The Morgan fingerprint density at radius 2 is 2.05 bits per heavy atom. The van der Waals surface area contributed by atoms with Gasteiger partial charge in [-0.1, -0.05) is 0 Å². The average Bonchev–Trinajstić information content (AvgIpc) is 2.67. The van der Waals surface area contributed by atoms with Crippen molar-refractivity contribution >= 4 is 11.7 Å². The van der Waals surface area contributed by atoms with Crippen LogP contribution in [0.3, 0.4) is 0 Å². The summed E-state index contributed by atoms with van der Waals surface area (Å²) in [6, 6.07) is 5.08. The van der Waals surface area contributed by atoms with Gasteiger partial charge in [0.2, 0.25) is 0 Å². The number of aryl methyl sites for hydroxylation is 1. The highest BCUT2D eigenvalue weighted by atomic mass is 16.5. The lowest BCUT2D eigenvalue weighted by Crippen LogP contribution is -2.09. The molecule has 5 nitrogen and oxygen atoms in total. The van der Waals surface area contributed by atoms with Gasteiger partial charge in [-0.3, -0.25) is 0 Å². The first-order chi connectivity index (χ1) is 9.45. The number of ether oxygens (including phenoxy) is 1. The topological polar surface area (TPSA) is 70.1 Å². The van der Waals surface area contributed by atoms with Crippen LogP contribution in [0.2, 0.25) is 0 Å². The number of hydrogen-bond donors (Lipinski definition) is 1. The molecule has 2 rings (SSSR count). The van der Waals surface area contributed by atoms with Crippen LogP contribution in [0.25, 0.3) is 5.69 Å². The molecule has 1 aromatic heterocycles. The molecule has 1 aromatic carbocycles. The minimum Gasteiger partial charge on any atom is -0.462 e. The highest BCUT2D eigenvalue weighted by Gasteiger charge is 2.14. The van der Waals surface area contributed by atoms with Crippen LogP contribution in [0.5, 0.6) is 0 Å². The van der Waals surface area contributed by atoms with Gasteiger partial charge in [0, 0.05) is 5.69 Å². The van der Waals surface area contributed by atoms with Gasteiger partial charge in [0.15, 0.2) is 0 Å². The van der Waals surface area contributed by atoms with Gasteiger partial charge in [-0.25, -0.2) is 9.48 Å². The number of hydrogen-bond acceptors (Lipinski definition) is 4. The Morgan fingerprint density at radius 3 is 2.60 bits per heavy atom. The van der Waals surface area contributed by atoms with Crippen molar-refractivity contribution in [3.05, 3.63) is 40.7 Å². The molecule has 0 fully saturated rings. The van der Waals surface area contributed by atoms with Crippen LogP contribution in [-0.4, -0.2) is 22.4 Å². The standard InChI is InChI=1S/C15H19N3O2/c1-5-20-15(19)12-6-7-13(16)14(8-12)18-11(4)9(2)10(3)17-18/h6-8H,5,16H2,1-4H3. The molecule has 5 heteroatoms. The van der Waals surface area contributed by atoms with Gasteiger partial charge < -0.3 is 10.5 Å². The van der Waals surface area contributed by atoms with Crippen molar-refractivity contribution < 1.29 is 9.53 Å². The molecule has 0 bridgehead atoms. The van der Waals surface area contributed by atoms with Gasteiger partial charge in [-0.15, -0.1) is 0 Å². The first-order valence-corrected chi connectivity index (χ1v) is 6.55. The molecule has 0 atom stereocenters. The van der Waals surface area contributed by atoms with E-state index >= 15 is 0 Å². The maximum absolute atomic E-state index is 11.8. The van der Waals surface area contributed by atoms with Crippen molar-refractivity contribution in [2.45, 2.75) is 27.7 Å². The summed E-state index contributed by atoms with van der Waals surface area (Å²) in [5.74, 6) is -0.355. The van der Waals surface area contributed by atoms with E-state index in [1.54, 1.807) is 29.8 Å². The number of esters is 1. The van der Waals surface area contributed by atoms with E-state index in [1.807, 2.05) is 20.8 Å². The maximum atomic E-state index is 11.8. The molecule has 1 heterocycles. The van der Waals surface area contributed by atoms with Crippen LogP contribution >= 0.6 is 0 Å². The van der Waals surface area contributed by atoms with Crippen molar-refractivity contribution in [3.63, 3.8) is 0 Å². The Balaban J connectivity index is 2.53. The van der Waals surface area contributed by atoms with Crippen LogP contribution in [0, 0.1) is 20.8 Å². The van der Waals surface area contributed by atoms with Crippen molar-refractivity contribution in [1.82, 2.24) is 9.78 Å². The van der Waals surface area contributed by atoms with E-state index in [-0.39, 0.29) is 5.97 Å². The van der Waals surface area contributed by atoms with Gasteiger partial charge in [-0.05, 0) is 51.5 Å². The molecule has 0 aliphatic carbocycles. The summed E-state index contributed by atoms with van der Waals surface area (Å²) in [6.45, 7) is 8.06. The number of nitrogens with two attached hydrogens (primary N) is 1. The first-order valence-electron chi connectivity index (χ1n) is 6.55. The maximum Gasteiger partial charge on any atom is 0.338 e. The highest BCUT2D eigenvalue weighted by molar-refractivity contribution is 5.91. The number of benzene rings is 1. The SMILES string of the molecule is CCOC(=O)c1ccc(N)c(-n2nc(C)c(C)c2C)c1. The third-order valence-electron chi connectivity index (χ3n) is 3.42. The lowest BCUT2D eigenvalue weighted by Gasteiger charge is -2.10. The summed E-state index contributed by atoms with van der Waals surface area (Å²) in [4.78, 5) is 11.8. The van der Waals surface area contributed by atoms with E-state index in [9.17, 15) is 4.79 Å². The number of nitrogens with zero attached hydrogens (tertiary/aromatic N) is 2. The summed E-state index contributed by atoms with van der Waals surface area (Å²) >= 11 is 0. The molecular weight excluding hydrogens is 254 g/mol. The summed E-state index contributed by atoms with van der Waals surface area (Å²) in [5, 5.41) is 4.47. The summed E-state index contributed by atoms with van der Waals surface area (Å²) in [5.41, 5.74) is 10.8. The Labute approximate surface area is 118 Å². The summed E-state index contributed by atoms with van der Waals surface area (Å²) in [7, 11) is 0. The van der Waals surface area contributed by atoms with E-state index in [0.717, 1.165) is 17.0 Å². The molecule has 0 aliphatic rings. The summed E-state index contributed by atoms with van der Waals surface area (Å²) < 4.78 is 6.78. The molecule has 106 valence electrons. The molecule has 0 saturated heterocycles. The minimum absolute atomic E-state index is 0.345. The van der Waals surface area contributed by atoms with Crippen LogP contribution in [-0.2, 0) is 4.74 Å². The molecule has 2 aromatic rings. The van der Waals surface area contributed by atoms with E-state index in [0.29, 0.717) is 23.5 Å². The van der Waals surface area contributed by atoms with Gasteiger partial charge in [0.1, 0.15) is 0 Å².